The van der Waals surface area contributed by atoms with Gasteiger partial charge in [-0.2, -0.15) is 0 Å². The first-order chi connectivity index (χ1) is 13.1. The molecule has 3 aromatic rings. The second kappa shape index (κ2) is 8.45. The van der Waals surface area contributed by atoms with E-state index in [9.17, 15) is 4.79 Å². The molecule has 5 nitrogen and oxygen atoms in total. The number of hydrogen-bond donors (Lipinski definition) is 1. The normalized spacial score (nSPS) is 11.7. The number of benzene rings is 2. The summed E-state index contributed by atoms with van der Waals surface area (Å²) in [6.07, 6.45) is 4.29. The average molecular weight is 364 g/mol. The zero-order valence-corrected chi connectivity index (χ0v) is 15.8. The van der Waals surface area contributed by atoms with Gasteiger partial charge in [0.15, 0.2) is 11.5 Å². The number of aromatic nitrogens is 1. The Morgan fingerprint density at radius 1 is 1.00 bits per heavy atom. The van der Waals surface area contributed by atoms with Crippen molar-refractivity contribution in [3.63, 3.8) is 0 Å². The highest BCUT2D eigenvalue weighted by atomic mass is 16.5. The molecule has 1 N–H and O–H groups in total. The summed E-state index contributed by atoms with van der Waals surface area (Å²) < 4.78 is 12.6. The van der Waals surface area contributed by atoms with Gasteiger partial charge < -0.3 is 19.4 Å². The monoisotopic (exact) mass is 364 g/mol. The van der Waals surface area contributed by atoms with E-state index in [0.717, 1.165) is 5.56 Å². The van der Waals surface area contributed by atoms with E-state index in [1.165, 1.54) is 5.56 Å². The fourth-order valence-electron chi connectivity index (χ4n) is 3.13. The predicted octanol–water partition coefficient (Wildman–Crippen LogP) is 4.43. The minimum Gasteiger partial charge on any atom is -0.493 e. The van der Waals surface area contributed by atoms with Crippen molar-refractivity contribution < 1.29 is 14.3 Å². The minimum absolute atomic E-state index is 0.0672. The summed E-state index contributed by atoms with van der Waals surface area (Å²) in [6, 6.07) is 17.5. The topological polar surface area (TPSA) is 52.5 Å². The zero-order valence-electron chi connectivity index (χ0n) is 15.8. The van der Waals surface area contributed by atoms with Crippen LogP contribution in [0.5, 0.6) is 11.5 Å². The summed E-state index contributed by atoms with van der Waals surface area (Å²) in [4.78, 5) is 12.7. The standard InChI is InChI=1S/C22H24N2O3/c1-16-7-6-8-17(13-16)19(24-11-4-5-12-24)15-22(25)23-18-9-10-20(26-2)21(14-18)27-3/h4-14,19H,15H2,1-3H3,(H,23,25)/t19-/m1/s1. The average Bonchev–Trinajstić information content (AvgIpc) is 3.20. The summed E-state index contributed by atoms with van der Waals surface area (Å²) in [5.74, 6) is 1.14. The molecule has 0 unspecified atom stereocenters. The van der Waals surface area contributed by atoms with Crippen molar-refractivity contribution in [2.24, 2.45) is 0 Å². The Hall–Kier alpha value is -3.21. The van der Waals surface area contributed by atoms with Crippen LogP contribution in [0.25, 0.3) is 0 Å². The van der Waals surface area contributed by atoms with E-state index < -0.39 is 0 Å². The molecule has 0 radical (unpaired) electrons. The second-order valence-electron chi connectivity index (χ2n) is 6.38. The van der Waals surface area contributed by atoms with Gasteiger partial charge in [0.2, 0.25) is 5.91 Å². The molecule has 5 heteroatoms. The smallest absolute Gasteiger partial charge is 0.226 e. The van der Waals surface area contributed by atoms with E-state index >= 15 is 0 Å². The molecular weight excluding hydrogens is 340 g/mol. The van der Waals surface area contributed by atoms with Crippen LogP contribution in [0.3, 0.4) is 0 Å². The number of ether oxygens (including phenoxy) is 2. The van der Waals surface area contributed by atoms with E-state index in [1.54, 1.807) is 32.4 Å². The molecule has 1 aromatic heterocycles. The number of nitrogens with zero attached hydrogens (tertiary/aromatic N) is 1. The number of rotatable bonds is 7. The van der Waals surface area contributed by atoms with Gasteiger partial charge in [-0.3, -0.25) is 4.79 Å². The van der Waals surface area contributed by atoms with Crippen LogP contribution in [0, 0.1) is 6.92 Å². The lowest BCUT2D eigenvalue weighted by atomic mass is 10.0. The van der Waals surface area contributed by atoms with Gasteiger partial charge in [0.05, 0.1) is 26.7 Å². The van der Waals surface area contributed by atoms with Gasteiger partial charge >= 0.3 is 0 Å². The molecule has 1 heterocycles. The molecule has 0 bridgehead atoms. The van der Waals surface area contributed by atoms with Crippen molar-refractivity contribution >= 4 is 11.6 Å². The summed E-state index contributed by atoms with van der Waals surface area (Å²) >= 11 is 0. The van der Waals surface area contributed by atoms with Crippen LogP contribution >= 0.6 is 0 Å². The Balaban J connectivity index is 1.79. The van der Waals surface area contributed by atoms with Crippen LogP contribution in [-0.4, -0.2) is 24.7 Å². The molecule has 0 saturated carbocycles. The number of anilines is 1. The quantitative estimate of drug-likeness (QED) is 0.675. The molecule has 0 fully saturated rings. The Kier molecular flexibility index (Phi) is 5.81. The Morgan fingerprint density at radius 2 is 1.74 bits per heavy atom. The van der Waals surface area contributed by atoms with Gasteiger partial charge in [-0.15, -0.1) is 0 Å². The second-order valence-corrected chi connectivity index (χ2v) is 6.38. The van der Waals surface area contributed by atoms with Crippen LogP contribution in [0.4, 0.5) is 5.69 Å². The number of hydrogen-bond acceptors (Lipinski definition) is 3. The third kappa shape index (κ3) is 4.50. The fourth-order valence-corrected chi connectivity index (χ4v) is 3.13. The van der Waals surface area contributed by atoms with Crippen molar-refractivity contribution in [2.75, 3.05) is 19.5 Å². The molecule has 0 saturated heterocycles. The molecule has 0 aliphatic rings. The van der Waals surface area contributed by atoms with Crippen LogP contribution in [0.1, 0.15) is 23.6 Å². The van der Waals surface area contributed by atoms with Gasteiger partial charge in [-0.25, -0.2) is 0 Å². The summed E-state index contributed by atoms with van der Waals surface area (Å²) in [5, 5.41) is 2.96. The van der Waals surface area contributed by atoms with E-state index in [0.29, 0.717) is 23.6 Å². The van der Waals surface area contributed by atoms with E-state index in [4.69, 9.17) is 9.47 Å². The number of nitrogens with one attached hydrogen (secondary N) is 1. The minimum atomic E-state index is -0.0694. The van der Waals surface area contributed by atoms with Gasteiger partial charge in [0, 0.05) is 24.1 Å². The maximum Gasteiger partial charge on any atom is 0.226 e. The molecule has 27 heavy (non-hydrogen) atoms. The van der Waals surface area contributed by atoms with Crippen molar-refractivity contribution in [2.45, 2.75) is 19.4 Å². The van der Waals surface area contributed by atoms with E-state index in [-0.39, 0.29) is 11.9 Å². The number of carbonyl (C=O) groups is 1. The molecule has 140 valence electrons. The van der Waals surface area contributed by atoms with Crippen molar-refractivity contribution in [3.05, 3.63) is 78.1 Å². The van der Waals surface area contributed by atoms with Crippen LogP contribution < -0.4 is 14.8 Å². The van der Waals surface area contributed by atoms with Crippen LogP contribution in [-0.2, 0) is 4.79 Å². The third-order valence-electron chi connectivity index (χ3n) is 4.46. The van der Waals surface area contributed by atoms with E-state index in [2.05, 4.69) is 35.0 Å². The molecule has 2 aromatic carbocycles. The molecular formula is C22H24N2O3. The summed E-state index contributed by atoms with van der Waals surface area (Å²) in [7, 11) is 3.16. The van der Waals surface area contributed by atoms with Crippen molar-refractivity contribution in [3.8, 4) is 11.5 Å². The Morgan fingerprint density at radius 3 is 2.41 bits per heavy atom. The maximum atomic E-state index is 12.7. The molecule has 0 spiro atoms. The number of aryl methyl sites for hydroxylation is 1. The number of methoxy groups -OCH3 is 2. The highest BCUT2D eigenvalue weighted by Gasteiger charge is 2.18. The Labute approximate surface area is 159 Å². The van der Waals surface area contributed by atoms with Crippen molar-refractivity contribution in [1.29, 1.82) is 0 Å². The highest BCUT2D eigenvalue weighted by molar-refractivity contribution is 5.91. The molecule has 3 rings (SSSR count). The van der Waals surface area contributed by atoms with Crippen LogP contribution in [0.15, 0.2) is 67.0 Å². The molecule has 1 amide bonds. The fraction of sp³-hybridized carbons (Fsp3) is 0.227. The molecule has 1 atom stereocenters. The lowest BCUT2D eigenvalue weighted by Gasteiger charge is -2.20. The zero-order chi connectivity index (χ0) is 19.2. The lowest BCUT2D eigenvalue weighted by Crippen LogP contribution is -2.19. The number of carbonyl (C=O) groups excluding carboxylic acids is 1. The maximum absolute atomic E-state index is 12.7. The largest absolute Gasteiger partial charge is 0.493 e. The summed E-state index contributed by atoms with van der Waals surface area (Å²) in [5.41, 5.74) is 2.95. The molecule has 0 aliphatic carbocycles. The van der Waals surface area contributed by atoms with Gasteiger partial charge in [0.1, 0.15) is 0 Å². The first-order valence-corrected chi connectivity index (χ1v) is 8.81. The lowest BCUT2D eigenvalue weighted by molar-refractivity contribution is -0.116. The van der Waals surface area contributed by atoms with Gasteiger partial charge in [-0.05, 0) is 36.8 Å². The first kappa shape index (κ1) is 18.6. The number of amides is 1. The van der Waals surface area contributed by atoms with Gasteiger partial charge in [-0.1, -0.05) is 29.8 Å². The predicted molar refractivity (Wildman–Crippen MR) is 107 cm³/mol. The molecule has 0 aliphatic heterocycles. The third-order valence-corrected chi connectivity index (χ3v) is 4.46. The van der Waals surface area contributed by atoms with Gasteiger partial charge in [0.25, 0.3) is 0 Å². The van der Waals surface area contributed by atoms with E-state index in [1.807, 2.05) is 30.6 Å². The summed E-state index contributed by atoms with van der Waals surface area (Å²) in [6.45, 7) is 2.06. The van der Waals surface area contributed by atoms with Crippen molar-refractivity contribution in [1.82, 2.24) is 4.57 Å². The van der Waals surface area contributed by atoms with Crippen LogP contribution in [0.2, 0.25) is 0 Å². The highest BCUT2D eigenvalue weighted by Crippen LogP contribution is 2.30. The Bertz CT molecular complexity index is 904. The first-order valence-electron chi connectivity index (χ1n) is 8.81. The SMILES string of the molecule is COc1ccc(NC(=O)C[C@H](c2cccc(C)c2)n2cccc2)cc1OC.